The number of nitrogen functional groups attached to an aromatic ring is 1. The minimum Gasteiger partial charge on any atom is -0.399 e. The van der Waals surface area contributed by atoms with Crippen molar-refractivity contribution < 1.29 is 0 Å². The Morgan fingerprint density at radius 3 is 1.53 bits per heavy atom. The third-order valence-electron chi connectivity index (χ3n) is 9.10. The minimum absolute atomic E-state index is 0.791. The fourth-order valence-corrected chi connectivity index (χ4v) is 7.29. The van der Waals surface area contributed by atoms with E-state index < -0.39 is 0 Å². The van der Waals surface area contributed by atoms with Gasteiger partial charge in [0.25, 0.3) is 0 Å². The maximum atomic E-state index is 6.07. The van der Waals surface area contributed by atoms with Gasteiger partial charge in [0.2, 0.25) is 0 Å². The summed E-state index contributed by atoms with van der Waals surface area (Å²) in [6, 6.07) is 55.1. The SMILES string of the molecule is Nc1ccc2cc(-c3ccc4c5c(cccc35)-c3c-4c(-c4ccccc4)c4ccccc4c3-c3ccccc3)ccc2c1. The topological polar surface area (TPSA) is 26.0 Å². The zero-order valence-corrected chi connectivity index (χ0v) is 23.5. The van der Waals surface area contributed by atoms with E-state index >= 15 is 0 Å². The van der Waals surface area contributed by atoms with Crippen LogP contribution in [-0.2, 0) is 0 Å². The van der Waals surface area contributed by atoms with Crippen LogP contribution in [0.1, 0.15) is 0 Å². The molecular weight excluding hydrogens is 518 g/mol. The van der Waals surface area contributed by atoms with E-state index in [2.05, 4.69) is 140 Å². The summed E-state index contributed by atoms with van der Waals surface area (Å²) < 4.78 is 0. The Labute approximate surface area is 250 Å². The Bertz CT molecular complexity index is 2290. The smallest absolute Gasteiger partial charge is 0.0320 e. The van der Waals surface area contributed by atoms with Crippen molar-refractivity contribution in [3.8, 4) is 55.6 Å². The highest BCUT2D eigenvalue weighted by molar-refractivity contribution is 6.28. The molecule has 0 aliphatic heterocycles. The molecule has 0 amide bonds. The lowest BCUT2D eigenvalue weighted by Gasteiger charge is -2.20. The normalized spacial score (nSPS) is 11.8. The second-order valence-corrected chi connectivity index (χ2v) is 11.5. The lowest BCUT2D eigenvalue weighted by molar-refractivity contribution is 1.62. The second-order valence-electron chi connectivity index (χ2n) is 11.5. The maximum absolute atomic E-state index is 6.07. The van der Waals surface area contributed by atoms with Crippen molar-refractivity contribution in [1.82, 2.24) is 0 Å². The second kappa shape index (κ2) is 9.17. The maximum Gasteiger partial charge on any atom is 0.0320 e. The Kier molecular flexibility index (Phi) is 5.12. The molecular formula is C42H27N. The number of nitrogens with two attached hydrogens (primary N) is 1. The fraction of sp³-hybridized carbons (Fsp3) is 0. The number of rotatable bonds is 3. The van der Waals surface area contributed by atoms with E-state index in [0.29, 0.717) is 0 Å². The number of hydrogen-bond acceptors (Lipinski definition) is 1. The van der Waals surface area contributed by atoms with E-state index in [1.54, 1.807) is 0 Å². The van der Waals surface area contributed by atoms with E-state index in [1.165, 1.54) is 82.6 Å². The van der Waals surface area contributed by atoms with E-state index in [9.17, 15) is 0 Å². The van der Waals surface area contributed by atoms with Gasteiger partial charge in [0.05, 0.1) is 0 Å². The van der Waals surface area contributed by atoms with Crippen molar-refractivity contribution in [2.45, 2.75) is 0 Å². The molecule has 8 aromatic rings. The highest BCUT2D eigenvalue weighted by Gasteiger charge is 2.31. The van der Waals surface area contributed by atoms with Gasteiger partial charge in [0.1, 0.15) is 0 Å². The van der Waals surface area contributed by atoms with Crippen LogP contribution in [0.2, 0.25) is 0 Å². The van der Waals surface area contributed by atoms with Crippen LogP contribution in [0.5, 0.6) is 0 Å². The summed E-state index contributed by atoms with van der Waals surface area (Å²) in [4.78, 5) is 0. The van der Waals surface area contributed by atoms with E-state index in [1.807, 2.05) is 12.1 Å². The predicted molar refractivity (Wildman–Crippen MR) is 184 cm³/mol. The Hall–Kier alpha value is -5.66. The molecule has 1 nitrogen and oxygen atoms in total. The summed E-state index contributed by atoms with van der Waals surface area (Å²) in [5.41, 5.74) is 19.7. The van der Waals surface area contributed by atoms with Crippen LogP contribution >= 0.6 is 0 Å². The van der Waals surface area contributed by atoms with Crippen molar-refractivity contribution in [3.05, 3.63) is 152 Å². The lowest BCUT2D eigenvalue weighted by atomic mass is 9.82. The molecule has 0 unspecified atom stereocenters. The van der Waals surface area contributed by atoms with Crippen molar-refractivity contribution >= 4 is 38.0 Å². The summed E-state index contributed by atoms with van der Waals surface area (Å²) in [5.74, 6) is 0. The van der Waals surface area contributed by atoms with Gasteiger partial charge in [-0.25, -0.2) is 0 Å². The number of anilines is 1. The van der Waals surface area contributed by atoms with Crippen LogP contribution < -0.4 is 5.73 Å². The highest BCUT2D eigenvalue weighted by Crippen LogP contribution is 2.58. The molecule has 1 aliphatic rings. The molecule has 0 atom stereocenters. The summed E-state index contributed by atoms with van der Waals surface area (Å²) >= 11 is 0. The standard InChI is InChI=1S/C42H27N/c43-31-21-20-28-24-30(19-18-29(28)25-31)32-22-23-37-40-33(32)16-9-17-36(40)41-38(26-10-3-1-4-11-26)34-14-7-8-15-35(34)39(42(37)41)27-12-5-2-6-13-27/h1-25H,43H2. The molecule has 0 aromatic heterocycles. The predicted octanol–water partition coefficient (Wildman–Crippen LogP) is 11.4. The van der Waals surface area contributed by atoms with Crippen LogP contribution in [0.3, 0.4) is 0 Å². The number of benzene rings is 8. The monoisotopic (exact) mass is 545 g/mol. The van der Waals surface area contributed by atoms with Gasteiger partial charge in [0, 0.05) is 5.69 Å². The molecule has 0 radical (unpaired) electrons. The van der Waals surface area contributed by atoms with Crippen LogP contribution in [0.25, 0.3) is 88.0 Å². The van der Waals surface area contributed by atoms with Gasteiger partial charge in [-0.15, -0.1) is 0 Å². The molecule has 2 N–H and O–H groups in total. The molecule has 0 heterocycles. The zero-order valence-electron chi connectivity index (χ0n) is 23.5. The first-order valence-corrected chi connectivity index (χ1v) is 14.8. The third-order valence-corrected chi connectivity index (χ3v) is 9.10. The Balaban J connectivity index is 1.42. The third kappa shape index (κ3) is 3.52. The zero-order chi connectivity index (χ0) is 28.5. The number of hydrogen-bond donors (Lipinski definition) is 1. The van der Waals surface area contributed by atoms with Gasteiger partial charge in [-0.05, 0) is 106 Å². The molecule has 200 valence electrons. The molecule has 0 spiro atoms. The molecule has 43 heavy (non-hydrogen) atoms. The molecule has 1 heteroatoms. The molecule has 8 aromatic carbocycles. The quantitative estimate of drug-likeness (QED) is 0.220. The largest absolute Gasteiger partial charge is 0.399 e. The molecule has 1 aliphatic carbocycles. The first-order valence-electron chi connectivity index (χ1n) is 14.8. The van der Waals surface area contributed by atoms with Gasteiger partial charge < -0.3 is 5.73 Å². The van der Waals surface area contributed by atoms with Gasteiger partial charge in [-0.2, -0.15) is 0 Å². The van der Waals surface area contributed by atoms with Crippen LogP contribution in [0, 0.1) is 0 Å². The summed E-state index contributed by atoms with van der Waals surface area (Å²) in [6.45, 7) is 0. The summed E-state index contributed by atoms with van der Waals surface area (Å²) in [7, 11) is 0. The van der Waals surface area contributed by atoms with Crippen LogP contribution in [0.15, 0.2) is 152 Å². The first-order chi connectivity index (χ1) is 21.3. The number of fused-ring (bicyclic) bond motifs is 5. The lowest BCUT2D eigenvalue weighted by Crippen LogP contribution is -1.93. The Morgan fingerprint density at radius 1 is 0.326 bits per heavy atom. The summed E-state index contributed by atoms with van der Waals surface area (Å²) in [6.07, 6.45) is 0. The van der Waals surface area contributed by atoms with Crippen molar-refractivity contribution in [3.63, 3.8) is 0 Å². The summed E-state index contributed by atoms with van der Waals surface area (Å²) in [5, 5.41) is 7.53. The van der Waals surface area contributed by atoms with Crippen molar-refractivity contribution in [1.29, 1.82) is 0 Å². The van der Waals surface area contributed by atoms with E-state index in [0.717, 1.165) is 11.1 Å². The van der Waals surface area contributed by atoms with Gasteiger partial charge in [-0.1, -0.05) is 133 Å². The van der Waals surface area contributed by atoms with E-state index in [-0.39, 0.29) is 0 Å². The highest BCUT2D eigenvalue weighted by atomic mass is 14.5. The van der Waals surface area contributed by atoms with Gasteiger partial charge >= 0.3 is 0 Å². The van der Waals surface area contributed by atoms with Crippen LogP contribution in [-0.4, -0.2) is 0 Å². The van der Waals surface area contributed by atoms with E-state index in [4.69, 9.17) is 5.73 Å². The average Bonchev–Trinajstić information content (AvgIpc) is 3.39. The van der Waals surface area contributed by atoms with Gasteiger partial charge in [-0.3, -0.25) is 0 Å². The molecule has 0 saturated carbocycles. The molecule has 9 rings (SSSR count). The molecule has 0 fully saturated rings. The average molecular weight is 546 g/mol. The minimum atomic E-state index is 0.791. The first kappa shape index (κ1) is 24.0. The van der Waals surface area contributed by atoms with Crippen molar-refractivity contribution in [2.75, 3.05) is 5.73 Å². The van der Waals surface area contributed by atoms with Gasteiger partial charge in [0.15, 0.2) is 0 Å². The molecule has 0 saturated heterocycles. The van der Waals surface area contributed by atoms with Crippen molar-refractivity contribution in [2.24, 2.45) is 0 Å². The van der Waals surface area contributed by atoms with Crippen LogP contribution in [0.4, 0.5) is 5.69 Å². The fourth-order valence-electron chi connectivity index (χ4n) is 7.29. The molecule has 0 bridgehead atoms. The Morgan fingerprint density at radius 2 is 0.860 bits per heavy atom.